The molecule has 1 amide bonds. The van der Waals surface area contributed by atoms with Crippen LogP contribution in [0.1, 0.15) is 27.2 Å². The summed E-state index contributed by atoms with van der Waals surface area (Å²) < 4.78 is 11.8. The summed E-state index contributed by atoms with van der Waals surface area (Å²) in [5, 5.41) is 2.93. The first-order chi connectivity index (χ1) is 15.4. The number of aromatic nitrogens is 4. The molecule has 32 heavy (non-hydrogen) atoms. The molecule has 0 bridgehead atoms. The second-order valence-electron chi connectivity index (χ2n) is 7.25. The number of methoxy groups -OCH3 is 2. The number of fused-ring (bicyclic) bond motifs is 1. The Bertz CT molecular complexity index is 1340. The Kier molecular flexibility index (Phi) is 5.63. The number of hydrogen-bond acceptors (Lipinski definition) is 6. The van der Waals surface area contributed by atoms with Gasteiger partial charge in [-0.2, -0.15) is 9.50 Å². The molecule has 0 radical (unpaired) electrons. The third-order valence-electron chi connectivity index (χ3n) is 5.29. The van der Waals surface area contributed by atoms with Gasteiger partial charge >= 0.3 is 0 Å². The van der Waals surface area contributed by atoms with Crippen molar-refractivity contribution >= 4 is 17.6 Å². The number of carbonyl (C=O) groups excluding carboxylic acids is 1. The van der Waals surface area contributed by atoms with Crippen LogP contribution in [0.4, 0.5) is 5.95 Å². The van der Waals surface area contributed by atoms with Crippen LogP contribution in [0.25, 0.3) is 5.78 Å². The van der Waals surface area contributed by atoms with Gasteiger partial charge in [-0.25, -0.2) is 4.98 Å². The molecule has 0 fully saturated rings. The molecule has 0 saturated carbocycles. The molecule has 2 aromatic heterocycles. The largest absolute Gasteiger partial charge is 0.497 e. The third kappa shape index (κ3) is 3.80. The SMILES string of the molecule is COc1ccc(CN(C(=O)c2ccccc2OC)c2nc3nc(C)c(C)c(=O)n3[nH]2)cc1. The zero-order chi connectivity index (χ0) is 22.8. The maximum absolute atomic E-state index is 13.6. The highest BCUT2D eigenvalue weighted by Crippen LogP contribution is 2.24. The van der Waals surface area contributed by atoms with Crippen LogP contribution < -0.4 is 19.9 Å². The highest BCUT2D eigenvalue weighted by Gasteiger charge is 2.25. The Labute approximate surface area is 184 Å². The molecule has 164 valence electrons. The van der Waals surface area contributed by atoms with Gasteiger partial charge in [0.05, 0.1) is 26.3 Å². The number of nitrogens with one attached hydrogen (secondary N) is 1. The van der Waals surface area contributed by atoms with Gasteiger partial charge in [0.1, 0.15) is 11.5 Å². The summed E-state index contributed by atoms with van der Waals surface area (Å²) in [5.41, 5.74) is 2.06. The number of aromatic amines is 1. The van der Waals surface area contributed by atoms with E-state index in [2.05, 4.69) is 15.1 Å². The van der Waals surface area contributed by atoms with Gasteiger partial charge in [0.15, 0.2) is 0 Å². The summed E-state index contributed by atoms with van der Waals surface area (Å²) in [6.45, 7) is 3.65. The average molecular weight is 433 g/mol. The van der Waals surface area contributed by atoms with Gasteiger partial charge in [-0.05, 0) is 43.7 Å². The fourth-order valence-electron chi connectivity index (χ4n) is 3.34. The first kappa shape index (κ1) is 21.1. The molecule has 2 heterocycles. The minimum absolute atomic E-state index is 0.195. The fourth-order valence-corrected chi connectivity index (χ4v) is 3.34. The molecule has 4 rings (SSSR count). The van der Waals surface area contributed by atoms with E-state index in [0.717, 1.165) is 5.56 Å². The van der Waals surface area contributed by atoms with E-state index < -0.39 is 0 Å². The molecule has 0 unspecified atom stereocenters. The molecule has 0 atom stereocenters. The molecular weight excluding hydrogens is 410 g/mol. The predicted octanol–water partition coefficient (Wildman–Crippen LogP) is 2.90. The van der Waals surface area contributed by atoms with Crippen molar-refractivity contribution in [1.29, 1.82) is 0 Å². The van der Waals surface area contributed by atoms with E-state index >= 15 is 0 Å². The summed E-state index contributed by atoms with van der Waals surface area (Å²) in [6, 6.07) is 14.3. The highest BCUT2D eigenvalue weighted by atomic mass is 16.5. The molecule has 0 spiro atoms. The zero-order valence-corrected chi connectivity index (χ0v) is 18.2. The van der Waals surface area contributed by atoms with Gasteiger partial charge in [-0.15, -0.1) is 0 Å². The molecule has 0 aliphatic heterocycles. The summed E-state index contributed by atoms with van der Waals surface area (Å²) >= 11 is 0. The first-order valence-electron chi connectivity index (χ1n) is 9.96. The zero-order valence-electron chi connectivity index (χ0n) is 18.2. The van der Waals surface area contributed by atoms with Crippen LogP contribution in [0.15, 0.2) is 53.3 Å². The molecule has 0 saturated heterocycles. The summed E-state index contributed by atoms with van der Waals surface area (Å²) in [6.07, 6.45) is 0. The van der Waals surface area contributed by atoms with Crippen molar-refractivity contribution in [2.24, 2.45) is 0 Å². The van der Waals surface area contributed by atoms with Crippen LogP contribution >= 0.6 is 0 Å². The minimum Gasteiger partial charge on any atom is -0.497 e. The van der Waals surface area contributed by atoms with Crippen molar-refractivity contribution in [3.63, 3.8) is 0 Å². The summed E-state index contributed by atoms with van der Waals surface area (Å²) in [4.78, 5) is 36.5. The van der Waals surface area contributed by atoms with E-state index in [4.69, 9.17) is 9.47 Å². The Morgan fingerprint density at radius 3 is 2.44 bits per heavy atom. The van der Waals surface area contributed by atoms with Crippen LogP contribution in [0, 0.1) is 13.8 Å². The molecule has 9 heteroatoms. The Hall–Kier alpha value is -4.14. The quantitative estimate of drug-likeness (QED) is 0.502. The van der Waals surface area contributed by atoms with Crippen molar-refractivity contribution in [2.75, 3.05) is 19.1 Å². The van der Waals surface area contributed by atoms with Gasteiger partial charge < -0.3 is 9.47 Å². The molecular formula is C23H23N5O4. The van der Waals surface area contributed by atoms with E-state index in [-0.39, 0.29) is 29.7 Å². The average Bonchev–Trinajstić information content (AvgIpc) is 3.24. The smallest absolute Gasteiger partial charge is 0.277 e. The number of benzene rings is 2. The van der Waals surface area contributed by atoms with Crippen LogP contribution in [-0.2, 0) is 6.54 Å². The number of carbonyl (C=O) groups is 1. The fraction of sp³-hybridized carbons (Fsp3) is 0.217. The lowest BCUT2D eigenvalue weighted by atomic mass is 10.1. The number of hydrogen-bond donors (Lipinski definition) is 1. The molecule has 2 aromatic carbocycles. The van der Waals surface area contributed by atoms with E-state index in [1.54, 1.807) is 45.2 Å². The van der Waals surface area contributed by atoms with E-state index in [0.29, 0.717) is 28.3 Å². The van der Waals surface area contributed by atoms with Crippen LogP contribution in [0.2, 0.25) is 0 Å². The maximum Gasteiger partial charge on any atom is 0.277 e. The standard InChI is InChI=1S/C23H23N5O4/c1-14-15(2)24-22-25-23(26-28(22)20(14)29)27(13-16-9-11-17(31-3)12-10-16)21(30)18-7-5-6-8-19(18)32-4/h5-12H,13H2,1-4H3,(H,24,25,26). The number of amides is 1. The maximum atomic E-state index is 13.6. The van der Waals surface area contributed by atoms with E-state index in [1.807, 2.05) is 24.3 Å². The normalized spacial score (nSPS) is 10.9. The molecule has 0 aliphatic rings. The summed E-state index contributed by atoms with van der Waals surface area (Å²) in [7, 11) is 3.10. The van der Waals surface area contributed by atoms with Gasteiger partial charge in [0, 0.05) is 11.3 Å². The van der Waals surface area contributed by atoms with Crippen LogP contribution in [-0.4, -0.2) is 39.7 Å². The molecule has 1 N–H and O–H groups in total. The van der Waals surface area contributed by atoms with Gasteiger partial charge in [0.2, 0.25) is 5.95 Å². The summed E-state index contributed by atoms with van der Waals surface area (Å²) in [5.74, 6) is 1.21. The number of para-hydroxylation sites is 1. The van der Waals surface area contributed by atoms with Crippen molar-refractivity contribution in [1.82, 2.24) is 19.6 Å². The second-order valence-corrected chi connectivity index (χ2v) is 7.25. The lowest BCUT2D eigenvalue weighted by Gasteiger charge is -2.21. The van der Waals surface area contributed by atoms with Crippen LogP contribution in [0.5, 0.6) is 11.5 Å². The second kappa shape index (κ2) is 8.54. The monoisotopic (exact) mass is 433 g/mol. The topological polar surface area (TPSA) is 102 Å². The lowest BCUT2D eigenvalue weighted by Crippen LogP contribution is -2.32. The van der Waals surface area contributed by atoms with Gasteiger partial charge in [-0.3, -0.25) is 19.6 Å². The van der Waals surface area contributed by atoms with Crippen molar-refractivity contribution in [3.8, 4) is 11.5 Å². The van der Waals surface area contributed by atoms with Crippen molar-refractivity contribution in [2.45, 2.75) is 20.4 Å². The minimum atomic E-state index is -0.334. The molecule has 4 aromatic rings. The third-order valence-corrected chi connectivity index (χ3v) is 5.29. The Morgan fingerprint density at radius 2 is 1.75 bits per heavy atom. The van der Waals surface area contributed by atoms with Crippen molar-refractivity contribution < 1.29 is 14.3 Å². The number of H-pyrrole nitrogens is 1. The van der Waals surface area contributed by atoms with Gasteiger partial charge in [-0.1, -0.05) is 24.3 Å². The van der Waals surface area contributed by atoms with E-state index in [9.17, 15) is 9.59 Å². The first-order valence-corrected chi connectivity index (χ1v) is 9.96. The number of anilines is 1. The predicted molar refractivity (Wildman–Crippen MR) is 120 cm³/mol. The molecule has 9 nitrogen and oxygen atoms in total. The Balaban J connectivity index is 1.83. The highest BCUT2D eigenvalue weighted by molar-refractivity contribution is 6.07. The van der Waals surface area contributed by atoms with Crippen LogP contribution in [0.3, 0.4) is 0 Å². The van der Waals surface area contributed by atoms with Gasteiger partial charge in [0.25, 0.3) is 17.2 Å². The lowest BCUT2D eigenvalue weighted by molar-refractivity contribution is 0.0980. The number of rotatable bonds is 6. The number of nitrogens with zero attached hydrogens (tertiary/aromatic N) is 4. The Morgan fingerprint density at radius 1 is 1.03 bits per heavy atom. The molecule has 0 aliphatic carbocycles. The number of aryl methyl sites for hydroxylation is 1. The number of ether oxygens (including phenoxy) is 2. The van der Waals surface area contributed by atoms with Crippen molar-refractivity contribution in [3.05, 3.63) is 81.3 Å². The van der Waals surface area contributed by atoms with E-state index in [1.165, 1.54) is 16.5 Å².